The van der Waals surface area contributed by atoms with Crippen molar-refractivity contribution < 1.29 is 9.53 Å². The summed E-state index contributed by atoms with van der Waals surface area (Å²) in [5.74, 6) is -0.0937. The lowest BCUT2D eigenvalue weighted by Crippen LogP contribution is -2.30. The minimum Gasteiger partial charge on any atom is -0.455 e. The molecule has 0 amide bonds. The highest BCUT2D eigenvalue weighted by Gasteiger charge is 2.34. The molecule has 0 saturated heterocycles. The van der Waals surface area contributed by atoms with Crippen LogP contribution in [0.15, 0.2) is 0 Å². The van der Waals surface area contributed by atoms with Gasteiger partial charge in [-0.25, -0.2) is 4.79 Å². The fraction of sp³-hybridized carbons (Fsp3) is 0.769. The molecule has 0 fully saturated rings. The molecule has 0 aliphatic carbocycles. The fourth-order valence-corrected chi connectivity index (χ4v) is 1.42. The van der Waals surface area contributed by atoms with E-state index in [9.17, 15) is 4.79 Å². The maximum Gasteiger partial charge on any atom is 0.361 e. The van der Waals surface area contributed by atoms with Crippen molar-refractivity contribution >= 4 is 5.97 Å². The van der Waals surface area contributed by atoms with Crippen molar-refractivity contribution in [3.05, 3.63) is 11.4 Å². The lowest BCUT2D eigenvalue weighted by molar-refractivity contribution is 0.00594. The molecule has 1 N–H and O–H groups in total. The number of aromatic nitrogens is 3. The highest BCUT2D eigenvalue weighted by molar-refractivity contribution is 5.89. The zero-order valence-electron chi connectivity index (χ0n) is 12.3. The molecule has 0 aliphatic heterocycles. The van der Waals surface area contributed by atoms with Crippen molar-refractivity contribution in [2.45, 2.75) is 59.5 Å². The predicted octanol–water partition coefficient (Wildman–Crippen LogP) is 2.69. The van der Waals surface area contributed by atoms with Crippen LogP contribution in [0.25, 0.3) is 0 Å². The monoisotopic (exact) mass is 253 g/mol. The minimum atomic E-state index is -0.532. The van der Waals surface area contributed by atoms with Crippen LogP contribution in [0.3, 0.4) is 0 Å². The molecule has 0 saturated carbocycles. The van der Waals surface area contributed by atoms with Crippen molar-refractivity contribution in [3.8, 4) is 0 Å². The van der Waals surface area contributed by atoms with Crippen LogP contribution in [0.5, 0.6) is 0 Å². The largest absolute Gasteiger partial charge is 0.455 e. The van der Waals surface area contributed by atoms with E-state index in [4.69, 9.17) is 4.74 Å². The Kier molecular flexibility index (Phi) is 3.84. The summed E-state index contributed by atoms with van der Waals surface area (Å²) in [6.45, 7) is 13.8. The van der Waals surface area contributed by atoms with Crippen LogP contribution >= 0.6 is 0 Å². The molecule has 1 rings (SSSR count). The molecule has 0 bridgehead atoms. The van der Waals surface area contributed by atoms with E-state index >= 15 is 0 Å². The van der Waals surface area contributed by atoms with Crippen molar-refractivity contribution in [1.82, 2.24) is 15.4 Å². The van der Waals surface area contributed by atoms with E-state index in [1.165, 1.54) is 0 Å². The number of carbonyl (C=O) groups excluding carboxylic acids is 1. The summed E-state index contributed by atoms with van der Waals surface area (Å²) in [5, 5.41) is 10.6. The third-order valence-electron chi connectivity index (χ3n) is 3.19. The molecule has 0 aliphatic rings. The first-order chi connectivity index (χ1) is 8.05. The summed E-state index contributed by atoms with van der Waals surface area (Å²) in [6, 6.07) is 0. The highest BCUT2D eigenvalue weighted by atomic mass is 16.6. The average molecular weight is 253 g/mol. The minimum absolute atomic E-state index is 0.237. The summed E-state index contributed by atoms with van der Waals surface area (Å²) < 4.78 is 5.34. The van der Waals surface area contributed by atoms with Crippen LogP contribution in [0.1, 0.15) is 64.6 Å². The Morgan fingerprint density at radius 1 is 1.17 bits per heavy atom. The van der Waals surface area contributed by atoms with E-state index in [1.807, 2.05) is 34.6 Å². The summed E-state index contributed by atoms with van der Waals surface area (Å²) in [4.78, 5) is 12.1. The number of aromatic amines is 1. The smallest absolute Gasteiger partial charge is 0.361 e. The van der Waals surface area contributed by atoms with E-state index in [1.54, 1.807) is 0 Å². The third-order valence-corrected chi connectivity index (χ3v) is 3.19. The van der Waals surface area contributed by atoms with Crippen molar-refractivity contribution in [3.63, 3.8) is 0 Å². The number of nitrogens with zero attached hydrogens (tertiary/aromatic N) is 2. The van der Waals surface area contributed by atoms with Gasteiger partial charge in [0.2, 0.25) is 0 Å². The molecule has 5 heteroatoms. The first kappa shape index (κ1) is 14.7. The van der Waals surface area contributed by atoms with Gasteiger partial charge in [0.1, 0.15) is 11.3 Å². The summed E-state index contributed by atoms with van der Waals surface area (Å²) in [5.41, 5.74) is 0.171. The molecule has 1 aromatic rings. The first-order valence-corrected chi connectivity index (χ1v) is 6.20. The van der Waals surface area contributed by atoms with Gasteiger partial charge < -0.3 is 4.74 Å². The standard InChI is InChI=1S/C13H23N3O2/c1-8(2)13(6,7)10-9(14-16-15-10)11(17)18-12(3,4)5/h8H,1-7H3,(H,14,15,16). The average Bonchev–Trinajstić information content (AvgIpc) is 2.62. The second-order valence-electron chi connectivity index (χ2n) is 6.40. The zero-order valence-corrected chi connectivity index (χ0v) is 12.3. The molecular weight excluding hydrogens is 230 g/mol. The number of H-pyrrole nitrogens is 1. The maximum absolute atomic E-state index is 12.1. The second-order valence-corrected chi connectivity index (χ2v) is 6.40. The predicted molar refractivity (Wildman–Crippen MR) is 69.4 cm³/mol. The van der Waals surface area contributed by atoms with Gasteiger partial charge in [0.05, 0.1) is 0 Å². The molecule has 0 radical (unpaired) electrons. The number of hydrogen-bond donors (Lipinski definition) is 1. The zero-order chi connectivity index (χ0) is 14.1. The van der Waals surface area contributed by atoms with Gasteiger partial charge in [-0.05, 0) is 26.7 Å². The Bertz CT molecular complexity index is 428. The van der Waals surface area contributed by atoms with Crippen LogP contribution in [0.4, 0.5) is 0 Å². The van der Waals surface area contributed by atoms with Gasteiger partial charge in [-0.2, -0.15) is 10.3 Å². The van der Waals surface area contributed by atoms with Crippen molar-refractivity contribution in [1.29, 1.82) is 0 Å². The number of ether oxygens (including phenoxy) is 1. The van der Waals surface area contributed by atoms with Crippen LogP contribution in [0.2, 0.25) is 0 Å². The first-order valence-electron chi connectivity index (χ1n) is 6.20. The summed E-state index contributed by atoms with van der Waals surface area (Å²) >= 11 is 0. The van der Waals surface area contributed by atoms with Crippen LogP contribution in [-0.4, -0.2) is 27.0 Å². The quantitative estimate of drug-likeness (QED) is 0.841. The molecule has 0 unspecified atom stereocenters. The Hall–Kier alpha value is -1.39. The maximum atomic E-state index is 12.1. The molecule has 18 heavy (non-hydrogen) atoms. The van der Waals surface area contributed by atoms with Gasteiger partial charge in [0, 0.05) is 5.41 Å². The van der Waals surface area contributed by atoms with Crippen LogP contribution < -0.4 is 0 Å². The van der Waals surface area contributed by atoms with Gasteiger partial charge in [0.25, 0.3) is 0 Å². The Morgan fingerprint density at radius 3 is 2.17 bits per heavy atom. The second kappa shape index (κ2) is 4.71. The summed E-state index contributed by atoms with van der Waals surface area (Å²) in [6.07, 6.45) is 0. The molecule has 1 aromatic heterocycles. The molecule has 5 nitrogen and oxygen atoms in total. The van der Waals surface area contributed by atoms with Gasteiger partial charge >= 0.3 is 5.97 Å². The summed E-state index contributed by atoms with van der Waals surface area (Å²) in [7, 11) is 0. The van der Waals surface area contributed by atoms with Crippen molar-refractivity contribution in [2.75, 3.05) is 0 Å². The molecule has 0 aromatic carbocycles. The van der Waals surface area contributed by atoms with Crippen molar-refractivity contribution in [2.24, 2.45) is 5.92 Å². The SMILES string of the molecule is CC(C)C(C)(C)c1n[nH]nc1C(=O)OC(C)(C)C. The van der Waals surface area contributed by atoms with Gasteiger partial charge in [-0.15, -0.1) is 5.10 Å². The highest BCUT2D eigenvalue weighted by Crippen LogP contribution is 2.31. The topological polar surface area (TPSA) is 67.9 Å². The third kappa shape index (κ3) is 3.09. The number of nitrogens with one attached hydrogen (secondary N) is 1. The van der Waals surface area contributed by atoms with Gasteiger partial charge in [-0.3, -0.25) is 0 Å². The lowest BCUT2D eigenvalue weighted by atomic mass is 9.77. The molecule has 0 spiro atoms. The number of carbonyl (C=O) groups is 1. The van der Waals surface area contributed by atoms with E-state index in [2.05, 4.69) is 29.3 Å². The Balaban J connectivity index is 3.07. The van der Waals surface area contributed by atoms with Gasteiger partial charge in [0.15, 0.2) is 5.69 Å². The van der Waals surface area contributed by atoms with Crippen LogP contribution in [-0.2, 0) is 10.2 Å². The van der Waals surface area contributed by atoms with E-state index in [0.717, 1.165) is 0 Å². The number of hydrogen-bond acceptors (Lipinski definition) is 4. The molecule has 0 atom stereocenters. The molecular formula is C13H23N3O2. The van der Waals surface area contributed by atoms with Gasteiger partial charge in [-0.1, -0.05) is 27.7 Å². The van der Waals surface area contributed by atoms with Crippen LogP contribution in [0, 0.1) is 5.92 Å². The van der Waals surface area contributed by atoms with E-state index in [-0.39, 0.29) is 11.1 Å². The number of esters is 1. The Morgan fingerprint density at radius 2 is 1.72 bits per heavy atom. The molecule has 1 heterocycles. The van der Waals surface area contributed by atoms with E-state index < -0.39 is 11.6 Å². The lowest BCUT2D eigenvalue weighted by Gasteiger charge is -2.27. The normalized spacial score (nSPS) is 12.9. The Labute approximate surface area is 108 Å². The number of rotatable bonds is 3. The fourth-order valence-electron chi connectivity index (χ4n) is 1.42. The van der Waals surface area contributed by atoms with E-state index in [0.29, 0.717) is 11.6 Å². The molecule has 102 valence electrons.